The summed E-state index contributed by atoms with van der Waals surface area (Å²) >= 11 is 0. The Hall–Kier alpha value is -3.22. The number of nitrogens with one attached hydrogen (secondary N) is 2. The lowest BCUT2D eigenvalue weighted by Crippen LogP contribution is -2.14. The van der Waals surface area contributed by atoms with Gasteiger partial charge < -0.3 is 10.3 Å². The SMILES string of the molecule is O=C(Nc1ccc(-n2cncn2)cc1)c1ccc(=O)[nH]c1. The first kappa shape index (κ1) is 12.8. The number of carbonyl (C=O) groups excluding carboxylic acids is 1. The van der Waals surface area contributed by atoms with Gasteiger partial charge in [0.15, 0.2) is 0 Å². The van der Waals surface area contributed by atoms with Crippen molar-refractivity contribution in [3.63, 3.8) is 0 Å². The van der Waals surface area contributed by atoms with Crippen LogP contribution in [0.2, 0.25) is 0 Å². The average Bonchev–Trinajstić information content (AvgIpc) is 3.03. The molecule has 0 spiro atoms. The lowest BCUT2D eigenvalue weighted by atomic mass is 10.2. The molecule has 1 amide bonds. The monoisotopic (exact) mass is 281 g/mol. The normalized spacial score (nSPS) is 10.3. The Morgan fingerprint density at radius 2 is 1.95 bits per heavy atom. The number of amides is 1. The van der Waals surface area contributed by atoms with Crippen LogP contribution in [-0.2, 0) is 0 Å². The molecule has 3 rings (SSSR count). The minimum absolute atomic E-state index is 0.247. The van der Waals surface area contributed by atoms with Gasteiger partial charge in [-0.1, -0.05) is 0 Å². The van der Waals surface area contributed by atoms with Crippen molar-refractivity contribution in [3.05, 3.63) is 71.2 Å². The van der Waals surface area contributed by atoms with E-state index in [4.69, 9.17) is 0 Å². The highest BCUT2D eigenvalue weighted by molar-refractivity contribution is 6.04. The second-order valence-electron chi connectivity index (χ2n) is 4.28. The van der Waals surface area contributed by atoms with Gasteiger partial charge >= 0.3 is 0 Å². The smallest absolute Gasteiger partial charge is 0.257 e. The molecule has 0 fully saturated rings. The molecule has 3 aromatic rings. The number of hydrogen-bond acceptors (Lipinski definition) is 4. The van der Waals surface area contributed by atoms with Crippen molar-refractivity contribution < 1.29 is 4.79 Å². The molecule has 0 saturated carbocycles. The zero-order valence-electron chi connectivity index (χ0n) is 10.9. The van der Waals surface area contributed by atoms with Crippen LogP contribution in [0.25, 0.3) is 5.69 Å². The van der Waals surface area contributed by atoms with Crippen molar-refractivity contribution in [2.75, 3.05) is 5.32 Å². The average molecular weight is 281 g/mol. The fourth-order valence-corrected chi connectivity index (χ4v) is 1.79. The molecule has 0 aliphatic carbocycles. The van der Waals surface area contributed by atoms with Crippen LogP contribution >= 0.6 is 0 Å². The van der Waals surface area contributed by atoms with E-state index < -0.39 is 0 Å². The Balaban J connectivity index is 1.74. The minimum atomic E-state index is -0.292. The standard InChI is InChI=1S/C14H11N5O2/c20-13-6-1-10(7-16-13)14(21)18-11-2-4-12(5-3-11)19-9-15-8-17-19/h1-9H,(H,16,20)(H,18,21). The van der Waals surface area contributed by atoms with E-state index in [1.165, 1.54) is 24.7 Å². The van der Waals surface area contributed by atoms with Crippen molar-refractivity contribution in [1.82, 2.24) is 19.7 Å². The van der Waals surface area contributed by atoms with Gasteiger partial charge in [-0.15, -0.1) is 0 Å². The zero-order valence-corrected chi connectivity index (χ0v) is 10.9. The molecule has 0 aliphatic heterocycles. The minimum Gasteiger partial charge on any atom is -0.328 e. The molecule has 7 nitrogen and oxygen atoms in total. The summed E-state index contributed by atoms with van der Waals surface area (Å²) in [4.78, 5) is 29.3. The molecule has 0 atom stereocenters. The predicted octanol–water partition coefficient (Wildman–Crippen LogP) is 1.21. The molecule has 0 saturated heterocycles. The number of benzene rings is 1. The summed E-state index contributed by atoms with van der Waals surface area (Å²) in [5.41, 5.74) is 1.63. The van der Waals surface area contributed by atoms with Crippen molar-refractivity contribution in [2.45, 2.75) is 0 Å². The maximum atomic E-state index is 12.0. The van der Waals surface area contributed by atoms with Crippen molar-refractivity contribution in [3.8, 4) is 5.69 Å². The number of H-pyrrole nitrogens is 1. The molecule has 0 unspecified atom stereocenters. The zero-order chi connectivity index (χ0) is 14.7. The van der Waals surface area contributed by atoms with E-state index in [1.54, 1.807) is 23.1 Å². The van der Waals surface area contributed by atoms with Crippen molar-refractivity contribution in [2.24, 2.45) is 0 Å². The molecular weight excluding hydrogens is 270 g/mol. The summed E-state index contributed by atoms with van der Waals surface area (Å²) in [6.07, 6.45) is 4.42. The number of nitrogens with zero attached hydrogens (tertiary/aromatic N) is 3. The summed E-state index contributed by atoms with van der Waals surface area (Å²) in [6.45, 7) is 0. The van der Waals surface area contributed by atoms with Crippen molar-refractivity contribution in [1.29, 1.82) is 0 Å². The third-order valence-corrected chi connectivity index (χ3v) is 2.85. The molecule has 7 heteroatoms. The van der Waals surface area contributed by atoms with E-state index in [0.29, 0.717) is 11.3 Å². The van der Waals surface area contributed by atoms with Gasteiger partial charge in [0.25, 0.3) is 5.91 Å². The second-order valence-corrected chi connectivity index (χ2v) is 4.28. The Morgan fingerprint density at radius 3 is 2.57 bits per heavy atom. The molecule has 104 valence electrons. The number of aromatic nitrogens is 4. The molecular formula is C14H11N5O2. The first-order valence-electron chi connectivity index (χ1n) is 6.17. The van der Waals surface area contributed by atoms with Gasteiger partial charge in [-0.25, -0.2) is 9.67 Å². The van der Waals surface area contributed by atoms with E-state index in [0.717, 1.165) is 5.69 Å². The highest BCUT2D eigenvalue weighted by Crippen LogP contribution is 2.13. The lowest BCUT2D eigenvalue weighted by Gasteiger charge is -2.06. The molecule has 2 aromatic heterocycles. The summed E-state index contributed by atoms with van der Waals surface area (Å²) in [7, 11) is 0. The van der Waals surface area contributed by atoms with E-state index in [-0.39, 0.29) is 11.5 Å². The first-order chi connectivity index (χ1) is 10.2. The Morgan fingerprint density at radius 1 is 1.14 bits per heavy atom. The van der Waals surface area contributed by atoms with Crippen LogP contribution in [0.1, 0.15) is 10.4 Å². The maximum Gasteiger partial charge on any atom is 0.257 e. The van der Waals surface area contributed by atoms with Crippen LogP contribution in [0, 0.1) is 0 Å². The Kier molecular flexibility index (Phi) is 3.30. The highest BCUT2D eigenvalue weighted by atomic mass is 16.1. The number of hydrogen-bond donors (Lipinski definition) is 2. The molecule has 2 heterocycles. The third kappa shape index (κ3) is 2.86. The van der Waals surface area contributed by atoms with Crippen LogP contribution in [0.5, 0.6) is 0 Å². The molecule has 0 bridgehead atoms. The first-order valence-corrected chi connectivity index (χ1v) is 6.17. The van der Waals surface area contributed by atoms with Crippen LogP contribution in [0.3, 0.4) is 0 Å². The van der Waals surface area contributed by atoms with Gasteiger partial charge in [-0.3, -0.25) is 9.59 Å². The van der Waals surface area contributed by atoms with Gasteiger partial charge in [-0.2, -0.15) is 5.10 Å². The van der Waals surface area contributed by atoms with Crippen LogP contribution in [0.4, 0.5) is 5.69 Å². The van der Waals surface area contributed by atoms with Gasteiger partial charge in [0, 0.05) is 18.0 Å². The van der Waals surface area contributed by atoms with E-state index in [9.17, 15) is 9.59 Å². The molecule has 0 aliphatic rings. The number of pyridine rings is 1. The quantitative estimate of drug-likeness (QED) is 0.754. The molecule has 21 heavy (non-hydrogen) atoms. The van der Waals surface area contributed by atoms with Gasteiger partial charge in [0.2, 0.25) is 5.56 Å². The van der Waals surface area contributed by atoms with Crippen LogP contribution in [0.15, 0.2) is 60.0 Å². The van der Waals surface area contributed by atoms with Gasteiger partial charge in [0.05, 0.1) is 11.3 Å². The summed E-state index contributed by atoms with van der Waals surface area (Å²) in [5.74, 6) is -0.292. The summed E-state index contributed by atoms with van der Waals surface area (Å²) in [5, 5.41) is 6.76. The van der Waals surface area contributed by atoms with Crippen molar-refractivity contribution >= 4 is 11.6 Å². The highest BCUT2D eigenvalue weighted by Gasteiger charge is 2.06. The second kappa shape index (κ2) is 5.41. The molecule has 1 aromatic carbocycles. The van der Waals surface area contributed by atoms with E-state index in [2.05, 4.69) is 20.4 Å². The van der Waals surface area contributed by atoms with Crippen LogP contribution in [-0.4, -0.2) is 25.7 Å². The number of aromatic amines is 1. The van der Waals surface area contributed by atoms with Crippen LogP contribution < -0.4 is 10.9 Å². The molecule has 0 radical (unpaired) electrons. The predicted molar refractivity (Wildman–Crippen MR) is 76.4 cm³/mol. The Labute approximate surface area is 119 Å². The summed E-state index contributed by atoms with van der Waals surface area (Å²) in [6, 6.07) is 9.94. The third-order valence-electron chi connectivity index (χ3n) is 2.85. The number of carbonyl (C=O) groups is 1. The maximum absolute atomic E-state index is 12.0. The number of rotatable bonds is 3. The fraction of sp³-hybridized carbons (Fsp3) is 0. The largest absolute Gasteiger partial charge is 0.328 e. The molecule has 2 N–H and O–H groups in total. The topological polar surface area (TPSA) is 92.7 Å². The van der Waals surface area contributed by atoms with Gasteiger partial charge in [-0.05, 0) is 30.3 Å². The Bertz CT molecular complexity index is 786. The number of anilines is 1. The lowest BCUT2D eigenvalue weighted by molar-refractivity contribution is 0.102. The fourth-order valence-electron chi connectivity index (χ4n) is 1.79. The van der Waals surface area contributed by atoms with E-state index >= 15 is 0 Å². The van der Waals surface area contributed by atoms with E-state index in [1.807, 2.05) is 12.1 Å². The van der Waals surface area contributed by atoms with Gasteiger partial charge in [0.1, 0.15) is 12.7 Å². The summed E-state index contributed by atoms with van der Waals surface area (Å²) < 4.78 is 1.62.